The molecule has 0 fully saturated rings. The molecule has 2 rings (SSSR count). The van der Waals surface area contributed by atoms with Crippen molar-refractivity contribution in [2.45, 2.75) is 6.92 Å². The maximum absolute atomic E-state index is 12.1. The number of carbonyl (C=O) groups is 2. The maximum atomic E-state index is 12.1. The summed E-state index contributed by atoms with van der Waals surface area (Å²) in [4.78, 5) is 34.4. The Hall–Kier alpha value is -3.22. The summed E-state index contributed by atoms with van der Waals surface area (Å²) in [6.45, 7) is 1.01. The molecule has 0 heterocycles. The molecule has 0 aliphatic heterocycles. The first-order valence-corrected chi connectivity index (χ1v) is 7.02. The van der Waals surface area contributed by atoms with Crippen LogP contribution in [-0.4, -0.2) is 30.4 Å². The number of carbonyl (C=O) groups excluding carboxylic acids is 2. The average molecular weight is 329 g/mol. The minimum absolute atomic E-state index is 0.0618. The van der Waals surface area contributed by atoms with Crippen LogP contribution < -0.4 is 4.74 Å². The van der Waals surface area contributed by atoms with E-state index in [-0.39, 0.29) is 22.6 Å². The number of nitro groups is 1. The summed E-state index contributed by atoms with van der Waals surface area (Å²) in [6, 6.07) is 10.5. The molecule has 0 N–H and O–H groups in total. The predicted molar refractivity (Wildman–Crippen MR) is 85.4 cm³/mol. The lowest BCUT2D eigenvalue weighted by Gasteiger charge is -2.07. The van der Waals surface area contributed by atoms with Crippen molar-refractivity contribution in [3.63, 3.8) is 0 Å². The van der Waals surface area contributed by atoms with Gasteiger partial charge in [-0.1, -0.05) is 6.07 Å². The van der Waals surface area contributed by atoms with Gasteiger partial charge in [0.05, 0.1) is 17.6 Å². The van der Waals surface area contributed by atoms with E-state index in [1.54, 1.807) is 24.3 Å². The fourth-order valence-electron chi connectivity index (χ4n) is 2.11. The standard InChI is InChI=1S/C17H15NO6/c1-11-14(4-3-5-15(11)18(21)22)17(20)24-10-16(19)12-6-8-13(23-2)9-7-12/h3-9H,10H2,1-2H3. The van der Waals surface area contributed by atoms with Crippen molar-refractivity contribution in [3.05, 3.63) is 69.3 Å². The van der Waals surface area contributed by atoms with Gasteiger partial charge < -0.3 is 9.47 Å². The van der Waals surface area contributed by atoms with Gasteiger partial charge >= 0.3 is 5.97 Å². The van der Waals surface area contributed by atoms with Crippen LogP contribution in [0.1, 0.15) is 26.3 Å². The Labute approximate surface area is 138 Å². The zero-order valence-electron chi connectivity index (χ0n) is 13.1. The highest BCUT2D eigenvalue weighted by molar-refractivity contribution is 5.99. The highest BCUT2D eigenvalue weighted by Gasteiger charge is 2.20. The first-order chi connectivity index (χ1) is 11.4. The number of methoxy groups -OCH3 is 1. The lowest BCUT2D eigenvalue weighted by atomic mass is 10.1. The Balaban J connectivity index is 2.06. The van der Waals surface area contributed by atoms with Gasteiger partial charge in [-0.25, -0.2) is 4.79 Å². The highest BCUT2D eigenvalue weighted by Crippen LogP contribution is 2.21. The minimum atomic E-state index is -0.780. The third kappa shape index (κ3) is 3.75. The van der Waals surface area contributed by atoms with Crippen molar-refractivity contribution in [2.75, 3.05) is 13.7 Å². The summed E-state index contributed by atoms with van der Waals surface area (Å²) < 4.78 is 9.97. The predicted octanol–water partition coefficient (Wildman–Crippen LogP) is 2.95. The molecule has 0 amide bonds. The molecular weight excluding hydrogens is 314 g/mol. The summed E-state index contributed by atoms with van der Waals surface area (Å²) in [7, 11) is 1.51. The van der Waals surface area contributed by atoms with Gasteiger partial charge in [-0.3, -0.25) is 14.9 Å². The van der Waals surface area contributed by atoms with Gasteiger partial charge in [0.2, 0.25) is 0 Å². The molecule has 24 heavy (non-hydrogen) atoms. The van der Waals surface area contributed by atoms with E-state index in [9.17, 15) is 19.7 Å². The fraction of sp³-hybridized carbons (Fsp3) is 0.176. The van der Waals surface area contributed by atoms with Gasteiger partial charge in [0, 0.05) is 17.2 Å². The Bertz CT molecular complexity index is 782. The van der Waals surface area contributed by atoms with Crippen LogP contribution in [0.25, 0.3) is 0 Å². The number of esters is 1. The summed E-state index contributed by atoms with van der Waals surface area (Å²) in [5.74, 6) is -0.553. The number of benzene rings is 2. The number of ketones is 1. The molecule has 0 aromatic heterocycles. The lowest BCUT2D eigenvalue weighted by molar-refractivity contribution is -0.385. The Morgan fingerprint density at radius 1 is 1.12 bits per heavy atom. The Morgan fingerprint density at radius 2 is 1.79 bits per heavy atom. The van der Waals surface area contributed by atoms with Crippen LogP contribution in [-0.2, 0) is 4.74 Å². The number of Topliss-reactive ketones (excluding diaryl/α,β-unsaturated/α-hetero) is 1. The smallest absolute Gasteiger partial charge is 0.339 e. The molecule has 2 aromatic carbocycles. The summed E-state index contributed by atoms with van der Waals surface area (Å²) in [6.07, 6.45) is 0. The quantitative estimate of drug-likeness (QED) is 0.350. The van der Waals surface area contributed by atoms with Gasteiger partial charge in [0.15, 0.2) is 12.4 Å². The number of nitro benzene ring substituents is 1. The monoisotopic (exact) mass is 329 g/mol. The zero-order valence-corrected chi connectivity index (χ0v) is 13.1. The summed E-state index contributed by atoms with van der Waals surface area (Å²) in [5.41, 5.74) is 0.460. The average Bonchev–Trinajstić information content (AvgIpc) is 2.59. The van der Waals surface area contributed by atoms with E-state index in [0.717, 1.165) is 0 Å². The van der Waals surface area contributed by atoms with E-state index in [1.165, 1.54) is 32.2 Å². The van der Waals surface area contributed by atoms with E-state index < -0.39 is 17.5 Å². The van der Waals surface area contributed by atoms with Gasteiger partial charge in [-0.2, -0.15) is 0 Å². The van der Waals surface area contributed by atoms with Crippen molar-refractivity contribution in [1.82, 2.24) is 0 Å². The second-order valence-electron chi connectivity index (χ2n) is 4.93. The minimum Gasteiger partial charge on any atom is -0.497 e. The molecule has 2 aromatic rings. The molecule has 0 saturated carbocycles. The van der Waals surface area contributed by atoms with E-state index in [1.807, 2.05) is 0 Å². The van der Waals surface area contributed by atoms with Crippen LogP contribution in [0.3, 0.4) is 0 Å². The number of ether oxygens (including phenoxy) is 2. The van der Waals surface area contributed by atoms with Crippen LogP contribution in [0.2, 0.25) is 0 Å². The van der Waals surface area contributed by atoms with Gasteiger partial charge in [-0.15, -0.1) is 0 Å². The molecule has 7 heteroatoms. The summed E-state index contributed by atoms with van der Waals surface area (Å²) >= 11 is 0. The third-order valence-electron chi connectivity index (χ3n) is 3.47. The molecule has 124 valence electrons. The molecule has 0 atom stereocenters. The molecule has 0 unspecified atom stereocenters. The van der Waals surface area contributed by atoms with E-state index in [4.69, 9.17) is 9.47 Å². The Morgan fingerprint density at radius 3 is 2.38 bits per heavy atom. The lowest BCUT2D eigenvalue weighted by Crippen LogP contribution is -2.15. The summed E-state index contributed by atoms with van der Waals surface area (Å²) in [5, 5.41) is 10.9. The van der Waals surface area contributed by atoms with Crippen LogP contribution in [0, 0.1) is 17.0 Å². The van der Waals surface area contributed by atoms with E-state index in [2.05, 4.69) is 0 Å². The van der Waals surface area contributed by atoms with Crippen molar-refractivity contribution in [2.24, 2.45) is 0 Å². The number of hydrogen-bond donors (Lipinski definition) is 0. The maximum Gasteiger partial charge on any atom is 0.339 e. The van der Waals surface area contributed by atoms with Crippen molar-refractivity contribution in [3.8, 4) is 5.75 Å². The largest absolute Gasteiger partial charge is 0.497 e. The van der Waals surface area contributed by atoms with Gasteiger partial charge in [0.25, 0.3) is 5.69 Å². The molecule has 0 bridgehead atoms. The highest BCUT2D eigenvalue weighted by atomic mass is 16.6. The molecule has 0 radical (unpaired) electrons. The van der Waals surface area contributed by atoms with Gasteiger partial charge in [-0.05, 0) is 37.3 Å². The van der Waals surface area contributed by atoms with Crippen molar-refractivity contribution >= 4 is 17.4 Å². The van der Waals surface area contributed by atoms with Crippen LogP contribution >= 0.6 is 0 Å². The first-order valence-electron chi connectivity index (χ1n) is 7.02. The first kappa shape index (κ1) is 17.1. The van der Waals surface area contributed by atoms with Gasteiger partial charge in [0.1, 0.15) is 5.75 Å². The van der Waals surface area contributed by atoms with Crippen LogP contribution in [0.4, 0.5) is 5.69 Å². The van der Waals surface area contributed by atoms with Crippen molar-refractivity contribution in [1.29, 1.82) is 0 Å². The van der Waals surface area contributed by atoms with Crippen LogP contribution in [0.15, 0.2) is 42.5 Å². The van der Waals surface area contributed by atoms with Crippen LogP contribution in [0.5, 0.6) is 5.75 Å². The Kier molecular flexibility index (Phi) is 5.26. The second-order valence-corrected chi connectivity index (χ2v) is 4.93. The number of hydrogen-bond acceptors (Lipinski definition) is 6. The molecule has 7 nitrogen and oxygen atoms in total. The zero-order chi connectivity index (χ0) is 17.7. The number of rotatable bonds is 6. The molecule has 0 aliphatic carbocycles. The molecular formula is C17H15NO6. The topological polar surface area (TPSA) is 95.7 Å². The molecule has 0 saturated heterocycles. The van der Waals surface area contributed by atoms with E-state index >= 15 is 0 Å². The third-order valence-corrected chi connectivity index (χ3v) is 3.47. The molecule has 0 aliphatic rings. The van der Waals surface area contributed by atoms with E-state index in [0.29, 0.717) is 11.3 Å². The fourth-order valence-corrected chi connectivity index (χ4v) is 2.11. The normalized spacial score (nSPS) is 10.1. The van der Waals surface area contributed by atoms with Crippen molar-refractivity contribution < 1.29 is 24.0 Å². The SMILES string of the molecule is COc1ccc(C(=O)COC(=O)c2cccc([N+](=O)[O-])c2C)cc1. The second kappa shape index (κ2) is 7.36. The molecule has 0 spiro atoms. The number of nitrogens with zero attached hydrogens (tertiary/aromatic N) is 1.